The zero-order valence-corrected chi connectivity index (χ0v) is 19.7. The molecule has 0 fully saturated rings. The number of nitrogens with zero attached hydrogens (tertiary/aromatic N) is 1. The Bertz CT molecular complexity index is 608. The summed E-state index contributed by atoms with van der Waals surface area (Å²) in [5, 5.41) is 0. The summed E-state index contributed by atoms with van der Waals surface area (Å²) in [6.07, 6.45) is 13.2. The van der Waals surface area contributed by atoms with E-state index in [0.29, 0.717) is 0 Å². The summed E-state index contributed by atoms with van der Waals surface area (Å²) in [6.45, 7) is 22.6. The number of alkyl halides is 1. The largest absolute Gasteiger partial charge is 0.209 e. The van der Waals surface area contributed by atoms with Crippen LogP contribution in [-0.2, 0) is 0 Å². The normalized spacial score (nSPS) is 15.8. The van der Waals surface area contributed by atoms with Crippen LogP contribution in [0.2, 0.25) is 0 Å². The number of rotatable bonds is 9. The molecule has 26 heavy (non-hydrogen) atoms. The average Bonchev–Trinajstić information content (AvgIpc) is 2.81. The summed E-state index contributed by atoms with van der Waals surface area (Å²) in [6, 6.07) is 0. The monoisotopic (exact) mass is 420 g/mol. The van der Waals surface area contributed by atoms with Crippen molar-refractivity contribution in [2.24, 2.45) is 5.41 Å². The first-order chi connectivity index (χ1) is 12.3. The second kappa shape index (κ2) is 12.3. The number of allylic oxidation sites excluding steroid dienone is 7. The van der Waals surface area contributed by atoms with E-state index in [4.69, 9.17) is 0 Å². The second-order valence-electron chi connectivity index (χ2n) is 7.40. The topological polar surface area (TPSA) is 3.01 Å². The van der Waals surface area contributed by atoms with Gasteiger partial charge >= 0.3 is 0 Å². The van der Waals surface area contributed by atoms with Gasteiger partial charge in [-0.2, -0.15) is 4.58 Å². The highest BCUT2D eigenvalue weighted by Gasteiger charge is 2.45. The molecule has 0 bridgehead atoms. The quantitative estimate of drug-likeness (QED) is 0.156. The van der Waals surface area contributed by atoms with E-state index in [9.17, 15) is 0 Å². The van der Waals surface area contributed by atoms with Crippen LogP contribution in [-0.4, -0.2) is 22.7 Å². The van der Waals surface area contributed by atoms with Crippen LogP contribution in [0.15, 0.2) is 59.9 Å². The molecule has 1 nitrogen and oxygen atoms in total. The minimum atomic E-state index is 0.0202. The molecule has 146 valence electrons. The lowest BCUT2D eigenvalue weighted by atomic mass is 9.76. The van der Waals surface area contributed by atoms with Gasteiger partial charge < -0.3 is 0 Å². The van der Waals surface area contributed by atoms with Gasteiger partial charge in [-0.05, 0) is 45.5 Å². The molecule has 0 aromatic carbocycles. The number of hydrogen-bond donors (Lipinski definition) is 0. The van der Waals surface area contributed by atoms with Gasteiger partial charge in [0.15, 0.2) is 5.71 Å². The molecule has 2 heteroatoms. The Morgan fingerprint density at radius 3 is 2.19 bits per heavy atom. The highest BCUT2D eigenvalue weighted by Crippen LogP contribution is 2.43. The van der Waals surface area contributed by atoms with Gasteiger partial charge in [0, 0.05) is 25.0 Å². The van der Waals surface area contributed by atoms with E-state index in [1.54, 1.807) is 0 Å². The lowest BCUT2D eigenvalue weighted by Gasteiger charge is -2.21. The molecular formula is C24H39BrN+. The van der Waals surface area contributed by atoms with E-state index < -0.39 is 0 Å². The molecule has 0 aliphatic carbocycles. The minimum absolute atomic E-state index is 0.0202. The summed E-state index contributed by atoms with van der Waals surface area (Å²) in [5.74, 6) is 1.81. The summed E-state index contributed by atoms with van der Waals surface area (Å²) >= 11 is 2.94. The fourth-order valence-electron chi connectivity index (χ4n) is 3.49. The zero-order valence-electron chi connectivity index (χ0n) is 18.1. The first-order valence-corrected chi connectivity index (χ1v) is 11.2. The van der Waals surface area contributed by atoms with E-state index in [1.807, 2.05) is 24.1 Å². The standard InChI is InChI=1S/C23H36N.CH3Br/c1-9-12-14-15-17-24-19(6)23(7,8)22(21(24)11-3)20(18(4)5)16-13-10-2;1-2/h10-11,13,16H,2-3,9,12,14-15,17H2,1,4-8H3;1H3/q+1;/b16-13-;. The minimum Gasteiger partial charge on any atom is -0.199 e. The van der Waals surface area contributed by atoms with Crippen molar-refractivity contribution in [1.82, 2.24) is 0 Å². The Balaban J connectivity index is 0.00000301. The molecule has 0 aromatic rings. The molecule has 0 saturated heterocycles. The molecule has 0 spiro atoms. The van der Waals surface area contributed by atoms with Gasteiger partial charge in [0.1, 0.15) is 6.54 Å². The lowest BCUT2D eigenvalue weighted by Crippen LogP contribution is -2.26. The van der Waals surface area contributed by atoms with Gasteiger partial charge in [0.05, 0.1) is 5.41 Å². The molecule has 0 atom stereocenters. The summed E-state index contributed by atoms with van der Waals surface area (Å²) in [7, 11) is 0. The summed E-state index contributed by atoms with van der Waals surface area (Å²) in [4.78, 5) is 0. The lowest BCUT2D eigenvalue weighted by molar-refractivity contribution is -0.471. The van der Waals surface area contributed by atoms with Crippen molar-refractivity contribution in [1.29, 1.82) is 0 Å². The van der Waals surface area contributed by atoms with E-state index in [2.05, 4.69) is 81.3 Å². The maximum Gasteiger partial charge on any atom is 0.209 e. The van der Waals surface area contributed by atoms with E-state index in [1.165, 1.54) is 53.8 Å². The second-order valence-corrected chi connectivity index (χ2v) is 7.40. The Morgan fingerprint density at radius 1 is 1.12 bits per heavy atom. The van der Waals surface area contributed by atoms with Crippen LogP contribution in [0.3, 0.4) is 0 Å². The molecule has 0 saturated carbocycles. The molecule has 1 heterocycles. The maximum absolute atomic E-state index is 4.13. The average molecular weight is 421 g/mol. The molecule has 0 aromatic heterocycles. The van der Waals surface area contributed by atoms with Crippen LogP contribution >= 0.6 is 15.9 Å². The first kappa shape index (κ1) is 24.8. The predicted molar refractivity (Wildman–Crippen MR) is 124 cm³/mol. The van der Waals surface area contributed by atoms with Crippen molar-refractivity contribution < 1.29 is 4.58 Å². The van der Waals surface area contributed by atoms with Crippen LogP contribution in [0.4, 0.5) is 0 Å². The number of hydrogen-bond acceptors (Lipinski definition) is 0. The molecule has 0 amide bonds. The van der Waals surface area contributed by atoms with Crippen molar-refractivity contribution >= 4 is 21.6 Å². The molecule has 1 aliphatic rings. The van der Waals surface area contributed by atoms with Crippen molar-refractivity contribution in [3.8, 4) is 0 Å². The Morgan fingerprint density at radius 2 is 1.73 bits per heavy atom. The van der Waals surface area contributed by atoms with Gasteiger partial charge in [-0.3, -0.25) is 0 Å². The molecule has 1 rings (SSSR count). The summed E-state index contributed by atoms with van der Waals surface area (Å²) < 4.78 is 2.49. The fraction of sp³-hybridized carbons (Fsp3) is 0.542. The highest BCUT2D eigenvalue weighted by molar-refractivity contribution is 9.08. The zero-order chi connectivity index (χ0) is 20.3. The van der Waals surface area contributed by atoms with E-state index >= 15 is 0 Å². The van der Waals surface area contributed by atoms with Crippen LogP contribution in [0, 0.1) is 5.41 Å². The van der Waals surface area contributed by atoms with Crippen LogP contribution in [0.5, 0.6) is 0 Å². The Kier molecular flexibility index (Phi) is 11.7. The molecular weight excluding hydrogens is 382 g/mol. The smallest absolute Gasteiger partial charge is 0.199 e. The van der Waals surface area contributed by atoms with Crippen LogP contribution in [0.1, 0.15) is 67.2 Å². The third kappa shape index (κ3) is 5.94. The Hall–Kier alpha value is -1.15. The van der Waals surface area contributed by atoms with Gasteiger partial charge in [0.25, 0.3) is 0 Å². The third-order valence-electron chi connectivity index (χ3n) is 5.12. The third-order valence-corrected chi connectivity index (χ3v) is 5.12. The van der Waals surface area contributed by atoms with Crippen molar-refractivity contribution in [3.63, 3.8) is 0 Å². The molecule has 1 aliphatic heterocycles. The van der Waals surface area contributed by atoms with Crippen LogP contribution in [0.25, 0.3) is 0 Å². The Labute approximate surface area is 171 Å². The van der Waals surface area contributed by atoms with Gasteiger partial charge in [-0.15, -0.1) is 0 Å². The maximum atomic E-state index is 4.13. The van der Waals surface area contributed by atoms with Gasteiger partial charge in [-0.25, -0.2) is 0 Å². The van der Waals surface area contributed by atoms with Crippen molar-refractivity contribution in [2.45, 2.75) is 67.2 Å². The predicted octanol–water partition coefficient (Wildman–Crippen LogP) is 7.61. The SMILES string of the molecule is C=C/C=C\C(=C(C)C)C1=C(C=C)[N+](CCCCCC)=C(C)C1(C)C.CBr. The first-order valence-electron chi connectivity index (χ1n) is 9.66. The van der Waals surface area contributed by atoms with Gasteiger partial charge in [0.2, 0.25) is 5.70 Å². The number of halogens is 1. The highest BCUT2D eigenvalue weighted by atomic mass is 79.9. The molecule has 0 unspecified atom stereocenters. The van der Waals surface area contributed by atoms with Crippen LogP contribution < -0.4 is 0 Å². The van der Waals surface area contributed by atoms with Crippen molar-refractivity contribution in [2.75, 3.05) is 12.4 Å². The fourth-order valence-corrected chi connectivity index (χ4v) is 3.49. The van der Waals surface area contributed by atoms with Crippen molar-refractivity contribution in [3.05, 3.63) is 59.9 Å². The summed E-state index contributed by atoms with van der Waals surface area (Å²) in [5.41, 5.74) is 6.75. The number of unbranched alkanes of at least 4 members (excludes halogenated alkanes) is 3. The molecule has 0 N–H and O–H groups in total. The molecule has 0 radical (unpaired) electrons. The van der Waals surface area contributed by atoms with Gasteiger partial charge in [-0.1, -0.05) is 72.7 Å². The van der Waals surface area contributed by atoms with E-state index in [0.717, 1.165) is 6.54 Å². The van der Waals surface area contributed by atoms with E-state index in [-0.39, 0.29) is 5.41 Å².